The number of aromatic amines is 1. The van der Waals surface area contributed by atoms with Gasteiger partial charge in [-0.05, 0) is 12.8 Å². The van der Waals surface area contributed by atoms with Gasteiger partial charge in [0.05, 0.1) is 6.04 Å². The molecule has 0 saturated heterocycles. The van der Waals surface area contributed by atoms with E-state index in [4.69, 9.17) is 0 Å². The van der Waals surface area contributed by atoms with Gasteiger partial charge in [-0.2, -0.15) is 0 Å². The van der Waals surface area contributed by atoms with Gasteiger partial charge in [-0.3, -0.25) is 14.7 Å². The van der Waals surface area contributed by atoms with E-state index in [1.54, 1.807) is 4.68 Å². The highest BCUT2D eigenvalue weighted by molar-refractivity contribution is 5.91. The number of carbonyl (C=O) groups excluding carboxylic acids is 1. The normalized spacial score (nSPS) is 17.9. The summed E-state index contributed by atoms with van der Waals surface area (Å²) in [5.41, 5.74) is 0.345. The second-order valence-corrected chi connectivity index (χ2v) is 4.23. The number of Topliss-reactive ketones (excluding diaryl/α,β-unsaturated/α-hetero) is 1. The Balaban J connectivity index is 2.27. The molecule has 2 rings (SSSR count). The minimum Gasteiger partial charge on any atom is -0.293 e. The maximum absolute atomic E-state index is 11.6. The Morgan fingerprint density at radius 1 is 1.40 bits per heavy atom. The summed E-state index contributed by atoms with van der Waals surface area (Å²) in [6.07, 6.45) is 5.68. The van der Waals surface area contributed by atoms with E-state index in [0.29, 0.717) is 5.69 Å². The molecule has 1 N–H and O–H groups in total. The summed E-state index contributed by atoms with van der Waals surface area (Å²) in [6.45, 7) is 1.47. The van der Waals surface area contributed by atoms with Crippen molar-refractivity contribution in [1.82, 2.24) is 9.78 Å². The molecule has 1 saturated carbocycles. The van der Waals surface area contributed by atoms with E-state index >= 15 is 0 Å². The molecule has 4 heteroatoms. The lowest BCUT2D eigenvalue weighted by Gasteiger charge is -2.21. The van der Waals surface area contributed by atoms with Crippen molar-refractivity contribution >= 4 is 5.78 Å². The number of hydrogen-bond donors (Lipinski definition) is 1. The van der Waals surface area contributed by atoms with E-state index < -0.39 is 0 Å². The molecule has 0 aromatic carbocycles. The maximum Gasteiger partial charge on any atom is 0.267 e. The number of aromatic nitrogens is 2. The van der Waals surface area contributed by atoms with Gasteiger partial charge >= 0.3 is 0 Å². The van der Waals surface area contributed by atoms with Gasteiger partial charge in [-0.15, -0.1) is 0 Å². The first-order valence-corrected chi connectivity index (χ1v) is 5.51. The van der Waals surface area contributed by atoms with Gasteiger partial charge in [0.2, 0.25) is 0 Å². The summed E-state index contributed by atoms with van der Waals surface area (Å²) in [7, 11) is 0. The van der Waals surface area contributed by atoms with Crippen molar-refractivity contribution in [2.24, 2.45) is 0 Å². The molecule has 0 unspecified atom stereocenters. The fraction of sp³-hybridized carbons (Fsp3) is 0.636. The van der Waals surface area contributed by atoms with Crippen LogP contribution in [0.1, 0.15) is 55.6 Å². The Kier molecular flexibility index (Phi) is 2.75. The van der Waals surface area contributed by atoms with Gasteiger partial charge in [0.1, 0.15) is 5.69 Å². The molecule has 1 aliphatic carbocycles. The number of rotatable bonds is 2. The molecule has 1 aromatic rings. The standard InChI is InChI=1S/C11H16N2O2/c1-8(14)10-7-11(15)13(12-10)9-5-3-2-4-6-9/h7,9,12H,2-6H2,1H3. The van der Waals surface area contributed by atoms with Crippen LogP contribution in [0.5, 0.6) is 0 Å². The van der Waals surface area contributed by atoms with Crippen LogP contribution < -0.4 is 5.56 Å². The molecule has 0 amide bonds. The van der Waals surface area contributed by atoms with Crippen molar-refractivity contribution in [3.05, 3.63) is 22.1 Å². The summed E-state index contributed by atoms with van der Waals surface area (Å²) >= 11 is 0. The molecule has 1 fully saturated rings. The van der Waals surface area contributed by atoms with E-state index in [-0.39, 0.29) is 17.4 Å². The number of nitrogens with one attached hydrogen (secondary N) is 1. The Morgan fingerprint density at radius 2 is 2.07 bits per heavy atom. The molecular formula is C11H16N2O2. The van der Waals surface area contributed by atoms with Crippen LogP contribution in [0.4, 0.5) is 0 Å². The molecule has 4 nitrogen and oxygen atoms in total. The highest BCUT2D eigenvalue weighted by Gasteiger charge is 2.18. The quantitative estimate of drug-likeness (QED) is 0.754. The highest BCUT2D eigenvalue weighted by Crippen LogP contribution is 2.26. The number of H-pyrrole nitrogens is 1. The zero-order valence-electron chi connectivity index (χ0n) is 8.95. The van der Waals surface area contributed by atoms with Gasteiger partial charge in [0.15, 0.2) is 5.78 Å². The average molecular weight is 208 g/mol. The predicted octanol–water partition coefficient (Wildman–Crippen LogP) is 1.88. The third kappa shape index (κ3) is 2.03. The van der Waals surface area contributed by atoms with Gasteiger partial charge < -0.3 is 0 Å². The molecule has 1 aliphatic rings. The van der Waals surface area contributed by atoms with Crippen molar-refractivity contribution in [3.63, 3.8) is 0 Å². The molecule has 82 valence electrons. The monoisotopic (exact) mass is 208 g/mol. The topological polar surface area (TPSA) is 54.9 Å². The van der Waals surface area contributed by atoms with E-state index in [2.05, 4.69) is 5.10 Å². The maximum atomic E-state index is 11.6. The molecule has 0 bridgehead atoms. The second kappa shape index (κ2) is 4.04. The summed E-state index contributed by atoms with van der Waals surface area (Å²) in [5.74, 6) is -0.0818. The average Bonchev–Trinajstić information content (AvgIpc) is 2.62. The Morgan fingerprint density at radius 3 is 2.60 bits per heavy atom. The highest BCUT2D eigenvalue weighted by atomic mass is 16.1. The fourth-order valence-corrected chi connectivity index (χ4v) is 2.20. The fourth-order valence-electron chi connectivity index (χ4n) is 2.20. The molecule has 0 aliphatic heterocycles. The van der Waals surface area contributed by atoms with Crippen molar-refractivity contribution in [3.8, 4) is 0 Å². The lowest BCUT2D eigenvalue weighted by atomic mass is 9.96. The van der Waals surface area contributed by atoms with E-state index in [1.165, 1.54) is 32.3 Å². The van der Waals surface area contributed by atoms with Crippen LogP contribution in [0.25, 0.3) is 0 Å². The third-order valence-corrected chi connectivity index (χ3v) is 3.07. The predicted molar refractivity (Wildman–Crippen MR) is 57.2 cm³/mol. The van der Waals surface area contributed by atoms with E-state index in [9.17, 15) is 9.59 Å². The van der Waals surface area contributed by atoms with Crippen molar-refractivity contribution in [2.45, 2.75) is 45.1 Å². The Bertz CT molecular complexity index is 410. The summed E-state index contributed by atoms with van der Waals surface area (Å²) in [6, 6.07) is 1.66. The lowest BCUT2D eigenvalue weighted by molar-refractivity contribution is 0.101. The number of carbonyl (C=O) groups is 1. The summed E-state index contributed by atoms with van der Waals surface area (Å²) < 4.78 is 1.62. The molecule has 0 atom stereocenters. The Hall–Kier alpha value is -1.32. The van der Waals surface area contributed by atoms with Crippen molar-refractivity contribution in [2.75, 3.05) is 0 Å². The zero-order valence-corrected chi connectivity index (χ0v) is 8.95. The van der Waals surface area contributed by atoms with Gasteiger partial charge in [0.25, 0.3) is 5.56 Å². The molecular weight excluding hydrogens is 192 g/mol. The first kappa shape index (κ1) is 10.2. The molecule has 1 aromatic heterocycles. The smallest absolute Gasteiger partial charge is 0.267 e. The van der Waals surface area contributed by atoms with Gasteiger partial charge in [-0.25, -0.2) is 4.68 Å². The molecule has 1 heterocycles. The third-order valence-electron chi connectivity index (χ3n) is 3.07. The van der Waals surface area contributed by atoms with Crippen LogP contribution in [0.2, 0.25) is 0 Å². The zero-order chi connectivity index (χ0) is 10.8. The van der Waals surface area contributed by atoms with Crippen LogP contribution in [-0.2, 0) is 0 Å². The van der Waals surface area contributed by atoms with Crippen molar-refractivity contribution in [1.29, 1.82) is 0 Å². The first-order chi connectivity index (χ1) is 7.18. The second-order valence-electron chi connectivity index (χ2n) is 4.23. The number of hydrogen-bond acceptors (Lipinski definition) is 2. The van der Waals surface area contributed by atoms with Crippen LogP contribution in [0, 0.1) is 0 Å². The van der Waals surface area contributed by atoms with E-state index in [1.807, 2.05) is 0 Å². The SMILES string of the molecule is CC(=O)c1cc(=O)n(C2CCCCC2)[nH]1. The Labute approximate surface area is 88.3 Å². The molecule has 15 heavy (non-hydrogen) atoms. The number of ketones is 1. The minimum absolute atomic E-state index is 0.0768. The number of nitrogens with zero attached hydrogens (tertiary/aromatic N) is 1. The largest absolute Gasteiger partial charge is 0.293 e. The van der Waals surface area contributed by atoms with Gasteiger partial charge in [-0.1, -0.05) is 19.3 Å². The van der Waals surface area contributed by atoms with Crippen LogP contribution in [-0.4, -0.2) is 15.6 Å². The van der Waals surface area contributed by atoms with Crippen LogP contribution in [0.15, 0.2) is 10.9 Å². The van der Waals surface area contributed by atoms with Crippen LogP contribution >= 0.6 is 0 Å². The minimum atomic E-state index is -0.0818. The van der Waals surface area contributed by atoms with Gasteiger partial charge in [0, 0.05) is 13.0 Å². The summed E-state index contributed by atoms with van der Waals surface area (Å²) in [4.78, 5) is 22.7. The summed E-state index contributed by atoms with van der Waals surface area (Å²) in [5, 5.41) is 2.91. The first-order valence-electron chi connectivity index (χ1n) is 5.51. The molecule has 0 radical (unpaired) electrons. The van der Waals surface area contributed by atoms with E-state index in [0.717, 1.165) is 12.8 Å². The van der Waals surface area contributed by atoms with Crippen molar-refractivity contribution < 1.29 is 4.79 Å². The van der Waals surface area contributed by atoms with Crippen LogP contribution in [0.3, 0.4) is 0 Å². The lowest BCUT2D eigenvalue weighted by Crippen LogP contribution is -2.23. The molecule has 0 spiro atoms.